The fourth-order valence-corrected chi connectivity index (χ4v) is 3.57. The normalized spacial score (nSPS) is 11.5. The van der Waals surface area contributed by atoms with Crippen molar-refractivity contribution in [3.05, 3.63) is 33.7 Å². The molecule has 0 aliphatic heterocycles. The number of carbonyl (C=O) groups is 1. The quantitative estimate of drug-likeness (QED) is 0.680. The molecule has 1 heterocycles. The van der Waals surface area contributed by atoms with Gasteiger partial charge in [-0.2, -0.15) is 0 Å². The second kappa shape index (κ2) is 8.07. The van der Waals surface area contributed by atoms with Crippen LogP contribution in [0, 0.1) is 0 Å². The number of hydrogen-bond donors (Lipinski definition) is 2. The van der Waals surface area contributed by atoms with Crippen molar-refractivity contribution in [2.24, 2.45) is 0 Å². The number of nitrogens with one attached hydrogen (secondary N) is 2. The molecule has 8 nitrogen and oxygen atoms in total. The molecule has 0 fully saturated rings. The first-order valence-electron chi connectivity index (χ1n) is 7.30. The smallest absolute Gasteiger partial charge is 0.324 e. The summed E-state index contributed by atoms with van der Waals surface area (Å²) in [6.07, 6.45) is 1.83. The van der Waals surface area contributed by atoms with Gasteiger partial charge in [-0.15, -0.1) is 5.10 Å². The average Bonchev–Trinajstić information content (AvgIpc) is 2.87. The molecule has 0 aliphatic carbocycles. The standard InChI is InChI=1S/C14H17ClN4O4S2/c1-3-6-19-13(21)17-18-14(19)24-8-12(20)16-11-7-9(25(2,22)23)4-5-10(11)15/h4-5,7H,3,6,8H2,1-2H3,(H,16,20)(H,17,21). The number of aromatic nitrogens is 3. The largest absolute Gasteiger partial charge is 0.343 e. The lowest BCUT2D eigenvalue weighted by atomic mass is 10.3. The predicted molar refractivity (Wildman–Crippen MR) is 97.1 cm³/mol. The van der Waals surface area contributed by atoms with Gasteiger partial charge >= 0.3 is 5.69 Å². The fraction of sp³-hybridized carbons (Fsp3) is 0.357. The molecule has 136 valence electrons. The van der Waals surface area contributed by atoms with Gasteiger partial charge in [0.2, 0.25) is 5.91 Å². The topological polar surface area (TPSA) is 114 Å². The molecule has 0 saturated heterocycles. The molecule has 0 spiro atoms. The Morgan fingerprint density at radius 3 is 2.80 bits per heavy atom. The van der Waals surface area contributed by atoms with Crippen LogP contribution in [0.4, 0.5) is 5.69 Å². The van der Waals surface area contributed by atoms with Gasteiger partial charge in [0.1, 0.15) is 0 Å². The number of carbonyl (C=O) groups excluding carboxylic acids is 1. The van der Waals surface area contributed by atoms with Crippen LogP contribution in [0.1, 0.15) is 13.3 Å². The number of hydrogen-bond acceptors (Lipinski definition) is 6. The molecule has 0 aliphatic rings. The molecule has 1 amide bonds. The molecule has 11 heteroatoms. The molecule has 1 aromatic carbocycles. The first-order chi connectivity index (χ1) is 11.7. The van der Waals surface area contributed by atoms with Crippen LogP contribution in [0.25, 0.3) is 0 Å². The maximum Gasteiger partial charge on any atom is 0.343 e. The first-order valence-corrected chi connectivity index (χ1v) is 10.6. The molecule has 0 bridgehead atoms. The summed E-state index contributed by atoms with van der Waals surface area (Å²) in [5.41, 5.74) is -0.114. The zero-order valence-electron chi connectivity index (χ0n) is 13.6. The number of rotatable bonds is 7. The lowest BCUT2D eigenvalue weighted by Gasteiger charge is -2.09. The zero-order valence-corrected chi connectivity index (χ0v) is 16.0. The summed E-state index contributed by atoms with van der Waals surface area (Å²) >= 11 is 7.10. The highest BCUT2D eigenvalue weighted by Gasteiger charge is 2.14. The van der Waals surface area contributed by atoms with Crippen molar-refractivity contribution < 1.29 is 13.2 Å². The highest BCUT2D eigenvalue weighted by atomic mass is 35.5. The van der Waals surface area contributed by atoms with E-state index < -0.39 is 15.7 Å². The van der Waals surface area contributed by atoms with Crippen LogP contribution in [-0.4, -0.2) is 41.1 Å². The summed E-state index contributed by atoms with van der Waals surface area (Å²) in [6, 6.07) is 4.09. The summed E-state index contributed by atoms with van der Waals surface area (Å²) in [6.45, 7) is 2.43. The minimum Gasteiger partial charge on any atom is -0.324 e. The molecular weight excluding hydrogens is 388 g/mol. The molecular formula is C14H17ClN4O4S2. The number of thioether (sulfide) groups is 1. The van der Waals surface area contributed by atoms with Gasteiger partial charge in [-0.25, -0.2) is 18.3 Å². The minimum absolute atomic E-state index is 0.00651. The fourth-order valence-electron chi connectivity index (χ4n) is 1.98. The van der Waals surface area contributed by atoms with Crippen molar-refractivity contribution in [1.82, 2.24) is 14.8 Å². The van der Waals surface area contributed by atoms with Crippen LogP contribution < -0.4 is 11.0 Å². The lowest BCUT2D eigenvalue weighted by Crippen LogP contribution is -2.18. The molecule has 2 aromatic rings. The summed E-state index contributed by atoms with van der Waals surface area (Å²) in [5, 5.41) is 9.44. The van der Waals surface area contributed by atoms with E-state index in [1.165, 1.54) is 22.8 Å². The van der Waals surface area contributed by atoms with E-state index in [9.17, 15) is 18.0 Å². The van der Waals surface area contributed by atoms with E-state index in [2.05, 4.69) is 15.5 Å². The van der Waals surface area contributed by atoms with E-state index in [0.29, 0.717) is 11.7 Å². The number of halogens is 1. The van der Waals surface area contributed by atoms with Gasteiger partial charge in [0.15, 0.2) is 15.0 Å². The van der Waals surface area contributed by atoms with Crippen molar-refractivity contribution in [2.45, 2.75) is 29.9 Å². The Labute approximate surface area is 153 Å². The molecule has 1 aromatic heterocycles. The van der Waals surface area contributed by atoms with Crippen LogP contribution >= 0.6 is 23.4 Å². The van der Waals surface area contributed by atoms with Gasteiger partial charge in [-0.05, 0) is 24.6 Å². The van der Waals surface area contributed by atoms with Crippen LogP contribution in [0.5, 0.6) is 0 Å². The second-order valence-electron chi connectivity index (χ2n) is 5.21. The molecule has 2 N–H and O–H groups in total. The van der Waals surface area contributed by atoms with Crippen molar-refractivity contribution in [3.63, 3.8) is 0 Å². The summed E-state index contributed by atoms with van der Waals surface area (Å²) < 4.78 is 24.6. The van der Waals surface area contributed by atoms with Crippen LogP contribution in [0.3, 0.4) is 0 Å². The summed E-state index contributed by atoms with van der Waals surface area (Å²) in [4.78, 5) is 23.8. The molecule has 25 heavy (non-hydrogen) atoms. The van der Waals surface area contributed by atoms with Crippen LogP contribution in [-0.2, 0) is 21.2 Å². The van der Waals surface area contributed by atoms with E-state index in [1.54, 1.807) is 0 Å². The monoisotopic (exact) mass is 404 g/mol. The zero-order chi connectivity index (χ0) is 18.6. The molecule has 0 unspecified atom stereocenters. The third-order valence-corrected chi connectivity index (χ3v) is 5.56. The van der Waals surface area contributed by atoms with E-state index in [1.807, 2.05) is 6.92 Å². The number of nitrogens with zero attached hydrogens (tertiary/aromatic N) is 2. The number of benzene rings is 1. The molecule has 0 saturated carbocycles. The van der Waals surface area contributed by atoms with E-state index in [0.717, 1.165) is 24.4 Å². The first kappa shape index (κ1) is 19.5. The maximum atomic E-state index is 12.1. The SMILES string of the molecule is CCCn1c(SCC(=O)Nc2cc(S(C)(=O)=O)ccc2Cl)n[nH]c1=O. The highest BCUT2D eigenvalue weighted by Crippen LogP contribution is 2.25. The van der Waals surface area contributed by atoms with Gasteiger partial charge in [-0.1, -0.05) is 30.3 Å². The van der Waals surface area contributed by atoms with E-state index >= 15 is 0 Å². The Balaban J connectivity index is 2.07. The second-order valence-corrected chi connectivity index (χ2v) is 8.58. The predicted octanol–water partition coefficient (Wildman–Crippen LogP) is 1.77. The summed E-state index contributed by atoms with van der Waals surface area (Å²) in [5.74, 6) is -0.399. The van der Waals surface area contributed by atoms with Crippen LogP contribution in [0.2, 0.25) is 5.02 Å². The average molecular weight is 405 g/mol. The van der Waals surface area contributed by atoms with Crippen molar-refractivity contribution >= 4 is 44.8 Å². The van der Waals surface area contributed by atoms with E-state index in [4.69, 9.17) is 11.6 Å². The van der Waals surface area contributed by atoms with E-state index in [-0.39, 0.29) is 27.0 Å². The number of H-pyrrole nitrogens is 1. The van der Waals surface area contributed by atoms with Gasteiger partial charge in [0.05, 0.1) is 21.4 Å². The lowest BCUT2D eigenvalue weighted by molar-refractivity contribution is -0.113. The summed E-state index contributed by atoms with van der Waals surface area (Å²) in [7, 11) is -3.41. The highest BCUT2D eigenvalue weighted by molar-refractivity contribution is 7.99. The number of aromatic amines is 1. The number of amides is 1. The van der Waals surface area contributed by atoms with Crippen molar-refractivity contribution in [2.75, 3.05) is 17.3 Å². The Bertz CT molecular complexity index is 937. The maximum absolute atomic E-state index is 12.1. The Morgan fingerprint density at radius 2 is 2.16 bits per heavy atom. The number of anilines is 1. The third kappa shape index (κ3) is 5.10. The molecule has 0 atom stereocenters. The van der Waals surface area contributed by atoms with Gasteiger partial charge < -0.3 is 5.32 Å². The van der Waals surface area contributed by atoms with Crippen LogP contribution in [0.15, 0.2) is 33.0 Å². The number of sulfone groups is 1. The van der Waals surface area contributed by atoms with Crippen molar-refractivity contribution in [3.8, 4) is 0 Å². The van der Waals surface area contributed by atoms with Gasteiger partial charge in [-0.3, -0.25) is 9.36 Å². The Hall–Kier alpha value is -1.78. The minimum atomic E-state index is -3.41. The molecule has 0 radical (unpaired) electrons. The molecule has 2 rings (SSSR count). The Kier molecular flexibility index (Phi) is 6.31. The van der Waals surface area contributed by atoms with Gasteiger partial charge in [0.25, 0.3) is 0 Å². The van der Waals surface area contributed by atoms with Crippen molar-refractivity contribution in [1.29, 1.82) is 0 Å². The third-order valence-electron chi connectivity index (χ3n) is 3.14. The Morgan fingerprint density at radius 1 is 1.44 bits per heavy atom. The van der Waals surface area contributed by atoms with Gasteiger partial charge in [0, 0.05) is 12.8 Å².